The quantitative estimate of drug-likeness (QED) is 0.833. The molecule has 1 aliphatic heterocycles. The van der Waals surface area contributed by atoms with Crippen LogP contribution in [0.15, 0.2) is 0 Å². The first-order chi connectivity index (χ1) is 8.81. The van der Waals surface area contributed by atoms with Gasteiger partial charge in [0.15, 0.2) is 0 Å². The molecule has 0 bridgehead atoms. The molecule has 2 fully saturated rings. The Hall–Kier alpha value is -1.08. The maximum atomic E-state index is 12.1. The number of nitrogens with one attached hydrogen (secondary N) is 1. The smallest absolute Gasteiger partial charge is 0.226 e. The van der Waals surface area contributed by atoms with Crippen LogP contribution in [-0.2, 0) is 9.53 Å². The molecule has 2 atom stereocenters. The number of hydrogen-bond donors (Lipinski definition) is 1. The number of carbonyl (C=O) groups excluding carboxylic acids is 1. The van der Waals surface area contributed by atoms with Crippen LogP contribution in [0.4, 0.5) is 0 Å². The number of hydrogen-bond acceptors (Lipinski definition) is 3. The molecule has 1 heterocycles. The summed E-state index contributed by atoms with van der Waals surface area (Å²) in [5, 5.41) is 12.2. The number of ether oxygens (including phenoxy) is 1. The lowest BCUT2D eigenvalue weighted by molar-refractivity contribution is -0.129. The Kier molecular flexibility index (Phi) is 5.00. The van der Waals surface area contributed by atoms with Crippen LogP contribution in [0.25, 0.3) is 0 Å². The Balaban J connectivity index is 1.85. The molecular formula is C14H22N2O2. The topological polar surface area (TPSA) is 62.1 Å². The van der Waals surface area contributed by atoms with Gasteiger partial charge in [0, 0.05) is 6.61 Å². The first-order valence-corrected chi connectivity index (χ1v) is 7.09. The second-order valence-corrected chi connectivity index (χ2v) is 5.43. The number of amides is 1. The predicted molar refractivity (Wildman–Crippen MR) is 67.7 cm³/mol. The maximum absolute atomic E-state index is 12.1. The molecule has 0 spiro atoms. The minimum atomic E-state index is -0.306. The van der Waals surface area contributed by atoms with Crippen LogP contribution < -0.4 is 5.32 Å². The summed E-state index contributed by atoms with van der Waals surface area (Å²) in [6.45, 7) is 1.27. The molecule has 1 saturated heterocycles. The fraction of sp³-hybridized carbons (Fsp3) is 0.857. The zero-order valence-electron chi connectivity index (χ0n) is 10.9. The van der Waals surface area contributed by atoms with E-state index in [0.29, 0.717) is 12.5 Å². The maximum Gasteiger partial charge on any atom is 0.226 e. The van der Waals surface area contributed by atoms with Gasteiger partial charge in [0.25, 0.3) is 0 Å². The van der Waals surface area contributed by atoms with Crippen molar-refractivity contribution in [2.45, 2.75) is 51.0 Å². The lowest BCUT2D eigenvalue weighted by Crippen LogP contribution is -2.44. The van der Waals surface area contributed by atoms with Gasteiger partial charge in [-0.15, -0.1) is 0 Å². The summed E-state index contributed by atoms with van der Waals surface area (Å²) >= 11 is 0. The van der Waals surface area contributed by atoms with Gasteiger partial charge in [-0.05, 0) is 31.6 Å². The zero-order chi connectivity index (χ0) is 12.8. The Bertz CT molecular complexity index is 312. The molecule has 1 amide bonds. The average molecular weight is 250 g/mol. The Morgan fingerprint density at radius 2 is 2.00 bits per heavy atom. The molecule has 0 aromatic rings. The molecule has 1 saturated carbocycles. The summed E-state index contributed by atoms with van der Waals surface area (Å²) in [6, 6.07) is 1.96. The predicted octanol–water partition coefficient (Wildman–Crippen LogP) is 2.00. The van der Waals surface area contributed by atoms with Crippen LogP contribution in [0.5, 0.6) is 0 Å². The van der Waals surface area contributed by atoms with E-state index in [1.807, 2.05) is 0 Å². The van der Waals surface area contributed by atoms with Crippen molar-refractivity contribution in [2.24, 2.45) is 11.8 Å². The van der Waals surface area contributed by atoms with Gasteiger partial charge in [-0.1, -0.05) is 19.3 Å². The van der Waals surface area contributed by atoms with Crippen LogP contribution >= 0.6 is 0 Å². The van der Waals surface area contributed by atoms with Gasteiger partial charge in [0.2, 0.25) is 5.91 Å². The molecule has 4 heteroatoms. The van der Waals surface area contributed by atoms with Crippen molar-refractivity contribution in [3.05, 3.63) is 0 Å². The fourth-order valence-electron chi connectivity index (χ4n) is 2.94. The van der Waals surface area contributed by atoms with Crippen molar-refractivity contribution in [3.8, 4) is 6.07 Å². The summed E-state index contributed by atoms with van der Waals surface area (Å²) < 4.78 is 5.32. The number of nitriles is 1. The molecule has 4 nitrogen and oxygen atoms in total. The van der Waals surface area contributed by atoms with E-state index in [1.165, 1.54) is 19.3 Å². The lowest BCUT2D eigenvalue weighted by atomic mass is 9.84. The van der Waals surface area contributed by atoms with E-state index in [0.717, 1.165) is 32.3 Å². The van der Waals surface area contributed by atoms with Gasteiger partial charge in [-0.2, -0.15) is 5.26 Å². The standard InChI is InChI=1S/C14H22N2O2/c15-9-13(11-5-2-1-3-6-11)16-14(17)12-7-4-8-18-10-12/h11-13H,1-8,10H2,(H,16,17). The highest BCUT2D eigenvalue weighted by Gasteiger charge is 2.28. The van der Waals surface area contributed by atoms with E-state index >= 15 is 0 Å². The van der Waals surface area contributed by atoms with Gasteiger partial charge < -0.3 is 10.1 Å². The summed E-state index contributed by atoms with van der Waals surface area (Å²) in [5.41, 5.74) is 0. The molecule has 0 aromatic heterocycles. The minimum absolute atomic E-state index is 0.00632. The van der Waals surface area contributed by atoms with Crippen molar-refractivity contribution in [3.63, 3.8) is 0 Å². The van der Waals surface area contributed by atoms with Crippen molar-refractivity contribution in [1.29, 1.82) is 5.26 Å². The van der Waals surface area contributed by atoms with Crippen LogP contribution in [0.1, 0.15) is 44.9 Å². The lowest BCUT2D eigenvalue weighted by Gasteiger charge is -2.28. The number of nitrogens with zero attached hydrogens (tertiary/aromatic N) is 1. The second-order valence-electron chi connectivity index (χ2n) is 5.43. The Labute approximate surface area is 109 Å². The zero-order valence-corrected chi connectivity index (χ0v) is 10.9. The molecule has 2 aliphatic rings. The van der Waals surface area contributed by atoms with E-state index in [2.05, 4.69) is 11.4 Å². The SMILES string of the molecule is N#CC(NC(=O)C1CCCOC1)C1CCCCC1. The largest absolute Gasteiger partial charge is 0.381 e. The third-order valence-electron chi connectivity index (χ3n) is 4.09. The third-order valence-corrected chi connectivity index (χ3v) is 4.09. The first kappa shape index (κ1) is 13.4. The van der Waals surface area contributed by atoms with E-state index in [1.54, 1.807) is 0 Å². The van der Waals surface area contributed by atoms with Gasteiger partial charge in [0.1, 0.15) is 6.04 Å². The van der Waals surface area contributed by atoms with Gasteiger partial charge in [-0.3, -0.25) is 4.79 Å². The molecule has 2 unspecified atom stereocenters. The van der Waals surface area contributed by atoms with Crippen molar-refractivity contribution >= 4 is 5.91 Å². The second kappa shape index (κ2) is 6.75. The highest BCUT2D eigenvalue weighted by atomic mass is 16.5. The van der Waals surface area contributed by atoms with Crippen LogP contribution in [0.3, 0.4) is 0 Å². The monoisotopic (exact) mass is 250 g/mol. The third kappa shape index (κ3) is 3.46. The summed E-state index contributed by atoms with van der Waals surface area (Å²) in [5.74, 6) is 0.294. The molecular weight excluding hydrogens is 228 g/mol. The van der Waals surface area contributed by atoms with Crippen LogP contribution in [-0.4, -0.2) is 25.2 Å². The Morgan fingerprint density at radius 1 is 1.22 bits per heavy atom. The fourth-order valence-corrected chi connectivity index (χ4v) is 2.94. The van der Waals surface area contributed by atoms with E-state index in [9.17, 15) is 10.1 Å². The van der Waals surface area contributed by atoms with Gasteiger partial charge in [0.05, 0.1) is 18.6 Å². The van der Waals surface area contributed by atoms with Crippen molar-refractivity contribution in [2.75, 3.05) is 13.2 Å². The summed E-state index contributed by atoms with van der Waals surface area (Å²) in [6.07, 6.45) is 7.60. The normalized spacial score (nSPS) is 27.2. The van der Waals surface area contributed by atoms with E-state index in [4.69, 9.17) is 4.74 Å². The molecule has 2 rings (SSSR count). The van der Waals surface area contributed by atoms with Crippen molar-refractivity contribution < 1.29 is 9.53 Å². The van der Waals surface area contributed by atoms with Gasteiger partial charge in [-0.25, -0.2) is 0 Å². The number of rotatable bonds is 3. The van der Waals surface area contributed by atoms with Gasteiger partial charge >= 0.3 is 0 Å². The van der Waals surface area contributed by atoms with Crippen LogP contribution in [0.2, 0.25) is 0 Å². The highest BCUT2D eigenvalue weighted by Crippen LogP contribution is 2.26. The average Bonchev–Trinajstić information content (AvgIpc) is 2.46. The summed E-state index contributed by atoms with van der Waals surface area (Å²) in [7, 11) is 0. The molecule has 100 valence electrons. The molecule has 0 aromatic carbocycles. The number of carbonyl (C=O) groups is 1. The highest BCUT2D eigenvalue weighted by molar-refractivity contribution is 5.79. The van der Waals surface area contributed by atoms with E-state index < -0.39 is 0 Å². The molecule has 1 aliphatic carbocycles. The molecule has 0 radical (unpaired) electrons. The van der Waals surface area contributed by atoms with E-state index in [-0.39, 0.29) is 17.9 Å². The van der Waals surface area contributed by atoms with Crippen LogP contribution in [0, 0.1) is 23.2 Å². The Morgan fingerprint density at radius 3 is 2.61 bits per heavy atom. The molecule has 18 heavy (non-hydrogen) atoms. The summed E-state index contributed by atoms with van der Waals surface area (Å²) in [4.78, 5) is 12.1. The first-order valence-electron chi connectivity index (χ1n) is 7.09. The van der Waals surface area contributed by atoms with Crippen molar-refractivity contribution in [1.82, 2.24) is 5.32 Å². The molecule has 1 N–H and O–H groups in total. The minimum Gasteiger partial charge on any atom is -0.381 e.